The second-order valence-electron chi connectivity index (χ2n) is 7.98. The van der Waals surface area contributed by atoms with Gasteiger partial charge in [0.1, 0.15) is 27.4 Å². The average Bonchev–Trinajstić information content (AvgIpc) is 3.11. The molecule has 162 valence electrons. The molecule has 1 aliphatic carbocycles. The number of halogens is 4. The molecule has 0 aliphatic heterocycles. The fourth-order valence-electron chi connectivity index (χ4n) is 4.37. The highest BCUT2D eigenvalue weighted by atomic mass is 35.5. The minimum atomic E-state index is -4.88. The highest BCUT2D eigenvalue weighted by Gasteiger charge is 2.86. The first kappa shape index (κ1) is 22.7. The van der Waals surface area contributed by atoms with E-state index in [1.54, 1.807) is 48.5 Å². The van der Waals surface area contributed by atoms with Gasteiger partial charge in [0.05, 0.1) is 6.07 Å². The standard InChI is InChI=1S/C23H19ClF3NO3/c1-20(2)21(14-28,13-18(24)23(25,26)27)22(20,19(29)30)12-15-7-6-10-17(11-15)31-16-8-4-3-5-9-16/h3-11,13H,12H2,1-2H3,(H,29,30)/b18-13-/t21-,22-/m0/s1. The molecule has 1 fully saturated rings. The lowest BCUT2D eigenvalue weighted by molar-refractivity contribution is -0.145. The van der Waals surface area contributed by atoms with Gasteiger partial charge in [-0.05, 0) is 42.3 Å². The second-order valence-corrected chi connectivity index (χ2v) is 8.39. The van der Waals surface area contributed by atoms with Crippen LogP contribution in [0, 0.1) is 27.6 Å². The van der Waals surface area contributed by atoms with Crippen LogP contribution in [-0.4, -0.2) is 17.3 Å². The van der Waals surface area contributed by atoms with E-state index in [0.29, 0.717) is 23.1 Å². The number of benzene rings is 2. The van der Waals surface area contributed by atoms with E-state index in [9.17, 15) is 28.3 Å². The van der Waals surface area contributed by atoms with Crippen LogP contribution in [0.5, 0.6) is 11.5 Å². The number of aliphatic carboxylic acids is 1. The monoisotopic (exact) mass is 449 g/mol. The SMILES string of the molecule is CC1(C)[C@](Cc2cccc(Oc3ccccc3)c2)(C(=O)O)[C@]1(C#N)/C=C(\Cl)C(F)(F)F. The summed E-state index contributed by atoms with van der Waals surface area (Å²) in [6.45, 7) is 2.93. The fraction of sp³-hybridized carbons (Fsp3) is 0.304. The molecule has 1 saturated carbocycles. The van der Waals surface area contributed by atoms with Crippen molar-refractivity contribution in [2.24, 2.45) is 16.2 Å². The lowest BCUT2D eigenvalue weighted by atomic mass is 9.86. The van der Waals surface area contributed by atoms with Gasteiger partial charge in [-0.15, -0.1) is 0 Å². The molecular formula is C23H19ClF3NO3. The number of allylic oxidation sites excluding steroid dienone is 2. The van der Waals surface area contributed by atoms with E-state index in [1.807, 2.05) is 12.1 Å². The molecule has 8 heteroatoms. The minimum Gasteiger partial charge on any atom is -0.481 e. The van der Waals surface area contributed by atoms with Gasteiger partial charge in [0.15, 0.2) is 0 Å². The Morgan fingerprint density at radius 3 is 2.32 bits per heavy atom. The summed E-state index contributed by atoms with van der Waals surface area (Å²) >= 11 is 5.41. The Labute approximate surface area is 182 Å². The molecule has 1 aliphatic rings. The van der Waals surface area contributed by atoms with Gasteiger partial charge in [0, 0.05) is 5.41 Å². The summed E-state index contributed by atoms with van der Waals surface area (Å²) in [4.78, 5) is 12.3. The van der Waals surface area contributed by atoms with Crippen LogP contribution in [-0.2, 0) is 11.2 Å². The van der Waals surface area contributed by atoms with Crippen molar-refractivity contribution < 1.29 is 27.8 Å². The molecule has 0 heterocycles. The Bertz CT molecular complexity index is 1080. The van der Waals surface area contributed by atoms with Crippen LogP contribution in [0.4, 0.5) is 13.2 Å². The maximum absolute atomic E-state index is 13.1. The summed E-state index contributed by atoms with van der Waals surface area (Å²) in [6.07, 6.45) is -4.50. The molecule has 3 rings (SSSR count). The topological polar surface area (TPSA) is 70.3 Å². The quantitative estimate of drug-likeness (QED) is 0.559. The molecule has 4 nitrogen and oxygen atoms in total. The van der Waals surface area contributed by atoms with E-state index >= 15 is 0 Å². The minimum absolute atomic E-state index is 0.173. The summed E-state index contributed by atoms with van der Waals surface area (Å²) in [5, 5.41) is 18.4. The first-order valence-electron chi connectivity index (χ1n) is 9.33. The third-order valence-electron chi connectivity index (χ3n) is 6.17. The Morgan fingerprint density at radius 1 is 1.16 bits per heavy atom. The number of alkyl halides is 3. The lowest BCUT2D eigenvalue weighted by Gasteiger charge is -2.17. The molecule has 31 heavy (non-hydrogen) atoms. The normalized spacial score (nSPS) is 24.9. The molecule has 2 aromatic rings. The molecule has 0 aromatic heterocycles. The number of carboxylic acids is 1. The highest BCUT2D eigenvalue weighted by Crippen LogP contribution is 2.80. The van der Waals surface area contributed by atoms with Gasteiger partial charge in [-0.25, -0.2) is 0 Å². The molecule has 0 radical (unpaired) electrons. The van der Waals surface area contributed by atoms with Gasteiger partial charge in [0.2, 0.25) is 0 Å². The summed E-state index contributed by atoms with van der Waals surface area (Å²) < 4.78 is 44.9. The Kier molecular flexibility index (Phi) is 5.57. The number of nitriles is 1. The van der Waals surface area contributed by atoms with Crippen molar-refractivity contribution in [2.45, 2.75) is 26.4 Å². The van der Waals surface area contributed by atoms with Crippen LogP contribution < -0.4 is 4.74 Å². The van der Waals surface area contributed by atoms with Crippen molar-refractivity contribution in [3.63, 3.8) is 0 Å². The third-order valence-corrected chi connectivity index (χ3v) is 6.49. The van der Waals surface area contributed by atoms with Crippen molar-refractivity contribution in [1.82, 2.24) is 0 Å². The van der Waals surface area contributed by atoms with Gasteiger partial charge >= 0.3 is 12.1 Å². The lowest BCUT2D eigenvalue weighted by Crippen LogP contribution is -2.27. The van der Waals surface area contributed by atoms with E-state index in [2.05, 4.69) is 0 Å². The van der Waals surface area contributed by atoms with Gasteiger partial charge in [0.25, 0.3) is 0 Å². The van der Waals surface area contributed by atoms with Crippen LogP contribution in [0.2, 0.25) is 0 Å². The molecular weight excluding hydrogens is 431 g/mol. The predicted molar refractivity (Wildman–Crippen MR) is 109 cm³/mol. The zero-order valence-electron chi connectivity index (χ0n) is 16.7. The number of carboxylic acid groups (broad SMARTS) is 1. The number of hydrogen-bond acceptors (Lipinski definition) is 3. The molecule has 2 aromatic carbocycles. The third kappa shape index (κ3) is 3.55. The van der Waals surface area contributed by atoms with Gasteiger partial charge < -0.3 is 9.84 Å². The first-order chi connectivity index (χ1) is 14.4. The smallest absolute Gasteiger partial charge is 0.426 e. The van der Waals surface area contributed by atoms with Crippen LogP contribution >= 0.6 is 11.6 Å². The number of para-hydroxylation sites is 1. The van der Waals surface area contributed by atoms with Crippen molar-refractivity contribution in [3.05, 3.63) is 71.3 Å². The average molecular weight is 450 g/mol. The van der Waals surface area contributed by atoms with Crippen LogP contribution in [0.15, 0.2) is 65.7 Å². The second kappa shape index (κ2) is 7.61. The molecule has 2 atom stereocenters. The summed E-state index contributed by atoms with van der Waals surface area (Å²) in [7, 11) is 0. The zero-order chi connectivity index (χ0) is 23.1. The zero-order valence-corrected chi connectivity index (χ0v) is 17.5. The van der Waals surface area contributed by atoms with Crippen LogP contribution in [0.25, 0.3) is 0 Å². The van der Waals surface area contributed by atoms with E-state index in [-0.39, 0.29) is 6.42 Å². The van der Waals surface area contributed by atoms with E-state index < -0.39 is 33.4 Å². The number of carbonyl (C=O) groups is 1. The van der Waals surface area contributed by atoms with E-state index in [1.165, 1.54) is 13.8 Å². The fourth-order valence-corrected chi connectivity index (χ4v) is 4.53. The molecule has 0 bridgehead atoms. The number of nitrogens with zero attached hydrogens (tertiary/aromatic N) is 1. The highest BCUT2D eigenvalue weighted by molar-refractivity contribution is 6.30. The van der Waals surface area contributed by atoms with Crippen molar-refractivity contribution in [3.8, 4) is 17.6 Å². The molecule has 0 saturated heterocycles. The van der Waals surface area contributed by atoms with Crippen LogP contribution in [0.1, 0.15) is 19.4 Å². The molecule has 0 unspecified atom stereocenters. The van der Waals surface area contributed by atoms with E-state index in [4.69, 9.17) is 16.3 Å². The van der Waals surface area contributed by atoms with Gasteiger partial charge in [-0.2, -0.15) is 18.4 Å². The number of ether oxygens (including phenoxy) is 1. The Balaban J connectivity index is 2.01. The van der Waals surface area contributed by atoms with Crippen molar-refractivity contribution in [2.75, 3.05) is 0 Å². The summed E-state index contributed by atoms with van der Waals surface area (Å²) in [5.74, 6) is -0.351. The van der Waals surface area contributed by atoms with Crippen molar-refractivity contribution in [1.29, 1.82) is 5.26 Å². The van der Waals surface area contributed by atoms with E-state index in [0.717, 1.165) is 0 Å². The summed E-state index contributed by atoms with van der Waals surface area (Å²) in [6, 6.07) is 17.3. The number of hydrogen-bond donors (Lipinski definition) is 1. The van der Waals surface area contributed by atoms with Crippen molar-refractivity contribution >= 4 is 17.6 Å². The maximum atomic E-state index is 13.1. The van der Waals surface area contributed by atoms with Gasteiger partial charge in [-0.3, -0.25) is 4.79 Å². The Morgan fingerprint density at radius 2 is 1.77 bits per heavy atom. The molecule has 1 N–H and O–H groups in total. The predicted octanol–water partition coefficient (Wildman–Crippen LogP) is 6.33. The summed E-state index contributed by atoms with van der Waals surface area (Å²) in [5.41, 5.74) is -4.53. The molecule has 0 amide bonds. The first-order valence-corrected chi connectivity index (χ1v) is 9.71. The maximum Gasteiger partial charge on any atom is 0.426 e. The number of rotatable bonds is 6. The largest absolute Gasteiger partial charge is 0.481 e. The van der Waals surface area contributed by atoms with Gasteiger partial charge in [-0.1, -0.05) is 55.8 Å². The Hall–Kier alpha value is -2.98. The molecule has 0 spiro atoms. The van der Waals surface area contributed by atoms with Crippen LogP contribution in [0.3, 0.4) is 0 Å².